The Labute approximate surface area is 272 Å². The molecular formula is C44H29NS. The summed E-state index contributed by atoms with van der Waals surface area (Å²) in [4.78, 5) is 2.60. The van der Waals surface area contributed by atoms with E-state index >= 15 is 0 Å². The predicted molar refractivity (Wildman–Crippen MR) is 198 cm³/mol. The average molecular weight is 604 g/mol. The summed E-state index contributed by atoms with van der Waals surface area (Å²) in [6.07, 6.45) is 0. The minimum Gasteiger partial charge on any atom is -0.309 e. The van der Waals surface area contributed by atoms with Gasteiger partial charge in [-0.15, -0.1) is 11.3 Å². The highest BCUT2D eigenvalue weighted by Crippen LogP contribution is 2.50. The molecule has 0 spiro atoms. The second-order valence-electron chi connectivity index (χ2n) is 11.7. The smallest absolute Gasteiger partial charge is 0.0547 e. The Morgan fingerprint density at radius 3 is 1.67 bits per heavy atom. The van der Waals surface area contributed by atoms with E-state index in [1.54, 1.807) is 0 Å². The fourth-order valence-corrected chi connectivity index (χ4v) is 8.29. The molecule has 9 aromatic rings. The lowest BCUT2D eigenvalue weighted by Gasteiger charge is -2.13. The summed E-state index contributed by atoms with van der Waals surface area (Å²) in [7, 11) is 0. The van der Waals surface area contributed by atoms with E-state index in [1.165, 1.54) is 81.4 Å². The van der Waals surface area contributed by atoms with Gasteiger partial charge in [0, 0.05) is 48.1 Å². The Kier molecular flexibility index (Phi) is 6.40. The molecule has 0 atom stereocenters. The fraction of sp³-hybridized carbons (Fsp3) is 0. The highest BCUT2D eigenvalue weighted by atomic mass is 32.1. The van der Waals surface area contributed by atoms with Gasteiger partial charge in [-0.05, 0) is 52.6 Å². The number of rotatable bonds is 5. The van der Waals surface area contributed by atoms with Crippen LogP contribution in [0.1, 0.15) is 0 Å². The highest BCUT2D eigenvalue weighted by Gasteiger charge is 2.23. The van der Waals surface area contributed by atoms with Crippen LogP contribution < -0.4 is 0 Å². The summed E-state index contributed by atoms with van der Waals surface area (Å²) in [5.41, 5.74) is 11.1. The number of para-hydroxylation sites is 2. The van der Waals surface area contributed by atoms with Crippen LogP contribution in [-0.2, 0) is 0 Å². The number of nitrogens with zero attached hydrogens (tertiary/aromatic N) is 1. The number of hydrogen-bond acceptors (Lipinski definition) is 1. The first kappa shape index (κ1) is 26.7. The molecule has 0 bridgehead atoms. The zero-order valence-corrected chi connectivity index (χ0v) is 25.9. The van der Waals surface area contributed by atoms with E-state index in [2.05, 4.69) is 180 Å². The van der Waals surface area contributed by atoms with Gasteiger partial charge in [0.25, 0.3) is 0 Å². The third-order valence-corrected chi connectivity index (χ3v) is 10.3. The minimum atomic E-state index is 1.17. The normalized spacial score (nSPS) is 11.5. The molecule has 0 aliphatic heterocycles. The molecule has 0 aliphatic rings. The molecule has 0 amide bonds. The molecule has 1 nitrogen and oxygen atoms in total. The third kappa shape index (κ3) is 4.30. The molecule has 216 valence electrons. The molecule has 0 aliphatic carbocycles. The summed E-state index contributed by atoms with van der Waals surface area (Å²) >= 11 is 1.90. The number of fused-ring (bicyclic) bond motifs is 4. The van der Waals surface area contributed by atoms with Gasteiger partial charge < -0.3 is 4.57 Å². The van der Waals surface area contributed by atoms with Crippen LogP contribution in [0.5, 0.6) is 0 Å². The van der Waals surface area contributed by atoms with Crippen molar-refractivity contribution in [2.45, 2.75) is 0 Å². The molecule has 0 fully saturated rings. The van der Waals surface area contributed by atoms with Crippen LogP contribution in [0.15, 0.2) is 176 Å². The predicted octanol–water partition coefficient (Wildman–Crippen LogP) is 12.7. The van der Waals surface area contributed by atoms with Crippen molar-refractivity contribution >= 4 is 43.9 Å². The van der Waals surface area contributed by atoms with E-state index < -0.39 is 0 Å². The van der Waals surface area contributed by atoms with Gasteiger partial charge in [-0.1, -0.05) is 146 Å². The largest absolute Gasteiger partial charge is 0.309 e. The van der Waals surface area contributed by atoms with Crippen molar-refractivity contribution in [3.63, 3.8) is 0 Å². The summed E-state index contributed by atoms with van der Waals surface area (Å²) < 4.78 is 2.41. The lowest BCUT2D eigenvalue weighted by Crippen LogP contribution is -1.93. The van der Waals surface area contributed by atoms with Gasteiger partial charge in [0.15, 0.2) is 0 Å². The van der Waals surface area contributed by atoms with E-state index in [0.29, 0.717) is 0 Å². The Hall–Kier alpha value is -5.70. The van der Waals surface area contributed by atoms with Crippen LogP contribution in [0.3, 0.4) is 0 Å². The van der Waals surface area contributed by atoms with Crippen LogP contribution in [0.4, 0.5) is 0 Å². The standard InChI is InChI=1S/C44H29NS/c1-4-15-30(16-5-1)32-19-14-20-33(29-32)43-35-23-10-11-24-36(35)44(46-43)38-27-28-40-42(41(38)31-17-6-2-7-18-31)37-25-12-13-26-39(37)45(40)34-21-8-3-9-22-34/h1-29H. The van der Waals surface area contributed by atoms with Crippen LogP contribution in [-0.4, -0.2) is 4.57 Å². The first-order valence-electron chi connectivity index (χ1n) is 15.7. The van der Waals surface area contributed by atoms with E-state index in [1.807, 2.05) is 11.3 Å². The SMILES string of the molecule is c1ccc(-c2cccc(-c3sc(-c4ccc5c(c4-c4ccccc4)c4ccccc4n5-c4ccccc4)c4ccccc34)c2)cc1. The molecule has 0 N–H and O–H groups in total. The number of thiophene rings is 1. The number of hydrogen-bond donors (Lipinski definition) is 0. The van der Waals surface area contributed by atoms with Gasteiger partial charge in [0.2, 0.25) is 0 Å². The van der Waals surface area contributed by atoms with E-state index in [9.17, 15) is 0 Å². The highest BCUT2D eigenvalue weighted by molar-refractivity contribution is 7.21. The molecule has 46 heavy (non-hydrogen) atoms. The minimum absolute atomic E-state index is 1.17. The van der Waals surface area contributed by atoms with Crippen LogP contribution in [0.25, 0.3) is 81.4 Å². The Morgan fingerprint density at radius 2 is 0.935 bits per heavy atom. The maximum atomic E-state index is 2.41. The monoisotopic (exact) mass is 603 g/mol. The molecule has 0 radical (unpaired) electrons. The summed E-state index contributed by atoms with van der Waals surface area (Å²) in [5.74, 6) is 0. The van der Waals surface area contributed by atoms with Crippen molar-refractivity contribution in [2.24, 2.45) is 0 Å². The molecule has 0 saturated heterocycles. The Balaban J connectivity index is 1.35. The van der Waals surface area contributed by atoms with Crippen molar-refractivity contribution in [3.8, 4) is 48.8 Å². The fourth-order valence-electron chi connectivity index (χ4n) is 6.99. The molecule has 7 aromatic carbocycles. The molecule has 2 heterocycles. The summed E-state index contributed by atoms with van der Waals surface area (Å²) in [6, 6.07) is 63.7. The van der Waals surface area contributed by atoms with Crippen molar-refractivity contribution in [1.29, 1.82) is 0 Å². The number of aromatic nitrogens is 1. The topological polar surface area (TPSA) is 4.93 Å². The first-order chi connectivity index (χ1) is 22.8. The lowest BCUT2D eigenvalue weighted by atomic mass is 9.92. The quantitative estimate of drug-likeness (QED) is 0.184. The first-order valence-corrected chi connectivity index (χ1v) is 16.5. The van der Waals surface area contributed by atoms with Gasteiger partial charge in [-0.3, -0.25) is 0 Å². The number of benzene rings is 7. The van der Waals surface area contributed by atoms with Crippen LogP contribution in [0.2, 0.25) is 0 Å². The zero-order chi connectivity index (χ0) is 30.5. The Bertz CT molecular complexity index is 2500. The molecule has 2 heteroatoms. The third-order valence-electron chi connectivity index (χ3n) is 9.01. The maximum Gasteiger partial charge on any atom is 0.0547 e. The van der Waals surface area contributed by atoms with Gasteiger partial charge in [0.1, 0.15) is 0 Å². The second kappa shape index (κ2) is 11.0. The van der Waals surface area contributed by atoms with Crippen LogP contribution in [0, 0.1) is 0 Å². The van der Waals surface area contributed by atoms with Crippen LogP contribution >= 0.6 is 11.3 Å². The molecule has 0 unspecified atom stereocenters. The van der Waals surface area contributed by atoms with Gasteiger partial charge in [0.05, 0.1) is 11.0 Å². The van der Waals surface area contributed by atoms with Gasteiger partial charge in [-0.2, -0.15) is 0 Å². The van der Waals surface area contributed by atoms with Gasteiger partial charge >= 0.3 is 0 Å². The maximum absolute atomic E-state index is 2.41. The Morgan fingerprint density at radius 1 is 0.370 bits per heavy atom. The zero-order valence-electron chi connectivity index (χ0n) is 25.1. The van der Waals surface area contributed by atoms with Crippen molar-refractivity contribution in [1.82, 2.24) is 4.57 Å². The van der Waals surface area contributed by atoms with E-state index in [0.717, 1.165) is 0 Å². The second-order valence-corrected chi connectivity index (χ2v) is 12.7. The van der Waals surface area contributed by atoms with Gasteiger partial charge in [-0.25, -0.2) is 0 Å². The van der Waals surface area contributed by atoms with Crippen molar-refractivity contribution in [2.75, 3.05) is 0 Å². The molecule has 9 rings (SSSR count). The van der Waals surface area contributed by atoms with E-state index in [-0.39, 0.29) is 0 Å². The lowest BCUT2D eigenvalue weighted by molar-refractivity contribution is 1.18. The average Bonchev–Trinajstić information content (AvgIpc) is 3.69. The van der Waals surface area contributed by atoms with Crippen molar-refractivity contribution in [3.05, 3.63) is 176 Å². The molecule has 0 saturated carbocycles. The summed E-state index contributed by atoms with van der Waals surface area (Å²) in [6.45, 7) is 0. The van der Waals surface area contributed by atoms with E-state index in [4.69, 9.17) is 0 Å². The van der Waals surface area contributed by atoms with Crippen molar-refractivity contribution < 1.29 is 0 Å². The molecular weight excluding hydrogens is 575 g/mol. The summed E-state index contributed by atoms with van der Waals surface area (Å²) in [5, 5.41) is 5.13. The molecule has 2 aromatic heterocycles.